The molecule has 36 heavy (non-hydrogen) atoms. The molecule has 3 heteroatoms. The minimum absolute atomic E-state index is 0.922. The molecule has 0 spiro atoms. The van der Waals surface area contributed by atoms with Gasteiger partial charge in [0, 0.05) is 44.1 Å². The van der Waals surface area contributed by atoms with Crippen LogP contribution in [-0.4, -0.2) is 15.0 Å². The zero-order valence-electron chi connectivity index (χ0n) is 19.3. The van der Waals surface area contributed by atoms with E-state index in [1.807, 2.05) is 12.3 Å². The molecule has 0 fully saturated rings. The van der Waals surface area contributed by atoms with Crippen LogP contribution in [0.4, 0.5) is 0 Å². The molecule has 0 saturated heterocycles. The highest BCUT2D eigenvalue weighted by atomic mass is 14.8. The summed E-state index contributed by atoms with van der Waals surface area (Å²) < 4.78 is 0. The summed E-state index contributed by atoms with van der Waals surface area (Å²) in [4.78, 5) is 15.2. The highest BCUT2D eigenvalue weighted by molar-refractivity contribution is 6.21. The largest absolute Gasteiger partial charge is 0.254 e. The van der Waals surface area contributed by atoms with Gasteiger partial charge in [-0.2, -0.15) is 0 Å². The number of nitrogens with zero attached hydrogens (tertiary/aromatic N) is 3. The van der Waals surface area contributed by atoms with Gasteiger partial charge in [-0.15, -0.1) is 0 Å². The maximum atomic E-state index is 5.29. The van der Waals surface area contributed by atoms with Crippen molar-refractivity contribution in [1.82, 2.24) is 15.0 Å². The Morgan fingerprint density at radius 2 is 0.917 bits per heavy atom. The van der Waals surface area contributed by atoms with Gasteiger partial charge in [0.15, 0.2) is 0 Å². The third-order valence-electron chi connectivity index (χ3n) is 7.25. The van der Waals surface area contributed by atoms with Crippen molar-refractivity contribution in [3.63, 3.8) is 0 Å². The minimum Gasteiger partial charge on any atom is -0.254 e. The summed E-state index contributed by atoms with van der Waals surface area (Å²) in [5, 5.41) is 9.07. The lowest BCUT2D eigenvalue weighted by Gasteiger charge is -2.15. The van der Waals surface area contributed by atoms with Crippen molar-refractivity contribution < 1.29 is 0 Å². The molecule has 8 rings (SSSR count). The average molecular weight is 458 g/mol. The Kier molecular flexibility index (Phi) is 3.94. The summed E-state index contributed by atoms with van der Waals surface area (Å²) >= 11 is 0. The molecule has 0 N–H and O–H groups in total. The van der Waals surface area contributed by atoms with Gasteiger partial charge in [0.05, 0.1) is 27.8 Å². The molecule has 0 aliphatic rings. The average Bonchev–Trinajstić information content (AvgIpc) is 2.95. The van der Waals surface area contributed by atoms with Crippen LogP contribution in [0.1, 0.15) is 0 Å². The van der Waals surface area contributed by atoms with Crippen molar-refractivity contribution in [1.29, 1.82) is 0 Å². The molecule has 8 aromatic rings. The Labute approximate surface area is 206 Å². The third kappa shape index (κ3) is 2.71. The first-order valence-electron chi connectivity index (χ1n) is 12.1. The minimum atomic E-state index is 0.922. The van der Waals surface area contributed by atoms with Crippen LogP contribution in [0.5, 0.6) is 0 Å². The van der Waals surface area contributed by atoms with Crippen LogP contribution < -0.4 is 0 Å². The van der Waals surface area contributed by atoms with Crippen molar-refractivity contribution in [2.75, 3.05) is 0 Å². The summed E-state index contributed by atoms with van der Waals surface area (Å²) in [5.74, 6) is 0. The van der Waals surface area contributed by atoms with Crippen LogP contribution in [0.15, 0.2) is 115 Å². The Bertz CT molecular complexity index is 2070. The second kappa shape index (κ2) is 7.30. The highest BCUT2D eigenvalue weighted by Gasteiger charge is 2.17. The van der Waals surface area contributed by atoms with Gasteiger partial charge in [-0.3, -0.25) is 4.98 Å². The molecule has 3 aromatic heterocycles. The van der Waals surface area contributed by atoms with Gasteiger partial charge in [-0.05, 0) is 22.9 Å². The van der Waals surface area contributed by atoms with Crippen molar-refractivity contribution >= 4 is 65.2 Å². The zero-order valence-corrected chi connectivity index (χ0v) is 19.3. The monoisotopic (exact) mass is 457 g/mol. The number of benzene rings is 5. The van der Waals surface area contributed by atoms with Crippen LogP contribution in [-0.2, 0) is 0 Å². The summed E-state index contributed by atoms with van der Waals surface area (Å²) in [7, 11) is 0. The molecule has 0 atom stereocenters. The summed E-state index contributed by atoms with van der Waals surface area (Å²) in [6.45, 7) is 0. The van der Waals surface area contributed by atoms with E-state index in [4.69, 9.17) is 9.97 Å². The van der Waals surface area contributed by atoms with E-state index in [1.54, 1.807) is 0 Å². The van der Waals surface area contributed by atoms with Crippen LogP contribution >= 0.6 is 0 Å². The Morgan fingerprint density at radius 1 is 0.361 bits per heavy atom. The molecule has 0 unspecified atom stereocenters. The van der Waals surface area contributed by atoms with Crippen molar-refractivity contribution in [3.8, 4) is 11.3 Å². The van der Waals surface area contributed by atoms with Gasteiger partial charge in [-0.1, -0.05) is 97.1 Å². The summed E-state index contributed by atoms with van der Waals surface area (Å²) in [6.07, 6.45) is 1.84. The number of hydrogen-bond acceptors (Lipinski definition) is 3. The van der Waals surface area contributed by atoms with Crippen molar-refractivity contribution in [2.24, 2.45) is 0 Å². The lowest BCUT2D eigenvalue weighted by atomic mass is 9.94. The molecule has 0 saturated carbocycles. The Morgan fingerprint density at radius 3 is 1.61 bits per heavy atom. The Balaban J connectivity index is 1.58. The van der Waals surface area contributed by atoms with E-state index in [9.17, 15) is 0 Å². The van der Waals surface area contributed by atoms with Gasteiger partial charge >= 0.3 is 0 Å². The van der Waals surface area contributed by atoms with Crippen molar-refractivity contribution in [3.05, 3.63) is 115 Å². The summed E-state index contributed by atoms with van der Waals surface area (Å²) in [5.41, 5.74) is 5.90. The highest BCUT2D eigenvalue weighted by Crippen LogP contribution is 2.39. The molecular weight excluding hydrogens is 438 g/mol. The number of rotatable bonds is 1. The first-order valence-corrected chi connectivity index (χ1v) is 12.1. The van der Waals surface area contributed by atoms with Gasteiger partial charge in [0.2, 0.25) is 0 Å². The van der Waals surface area contributed by atoms with Gasteiger partial charge < -0.3 is 0 Å². The molecule has 166 valence electrons. The number of aromatic nitrogens is 3. The number of fused-ring (bicyclic) bond motifs is 9. The van der Waals surface area contributed by atoms with E-state index in [2.05, 4.69) is 108 Å². The number of pyridine rings is 3. The van der Waals surface area contributed by atoms with Gasteiger partial charge in [0.1, 0.15) is 0 Å². The van der Waals surface area contributed by atoms with E-state index in [1.165, 1.54) is 10.8 Å². The normalized spacial score (nSPS) is 11.9. The fourth-order valence-corrected chi connectivity index (χ4v) is 5.55. The smallest absolute Gasteiger partial charge is 0.0972 e. The summed E-state index contributed by atoms with van der Waals surface area (Å²) in [6, 6.07) is 38.3. The first kappa shape index (κ1) is 19.4. The standard InChI is InChI=1S/C33H19N3/c1-3-9-24-20(6-1)13-16-26-29(27-17-14-21-7-2-4-10-25(21)33(27)36-32(24)26)28-18-15-23-12-11-22-8-5-19-34-30(22)31(23)35-28/h1-19H. The lowest BCUT2D eigenvalue weighted by Crippen LogP contribution is -1.94. The lowest BCUT2D eigenvalue weighted by molar-refractivity contribution is 1.37. The SMILES string of the molecule is c1ccc2c(c1)ccc1c(-c3ccc4ccc5cccnc5c4n3)c3ccc4ccccc4c3nc12. The molecule has 5 aromatic carbocycles. The predicted octanol–water partition coefficient (Wildman–Crippen LogP) is 8.46. The fourth-order valence-electron chi connectivity index (χ4n) is 5.55. The van der Waals surface area contributed by atoms with E-state index in [-0.39, 0.29) is 0 Å². The maximum Gasteiger partial charge on any atom is 0.0972 e. The van der Waals surface area contributed by atoms with Crippen molar-refractivity contribution in [2.45, 2.75) is 0 Å². The molecule has 0 bridgehead atoms. The van der Waals surface area contributed by atoms with E-state index in [0.717, 1.165) is 65.6 Å². The van der Waals surface area contributed by atoms with Crippen LogP contribution in [0, 0.1) is 0 Å². The quantitative estimate of drug-likeness (QED) is 0.183. The molecule has 0 amide bonds. The topological polar surface area (TPSA) is 38.7 Å². The van der Waals surface area contributed by atoms with Gasteiger partial charge in [0.25, 0.3) is 0 Å². The van der Waals surface area contributed by atoms with E-state index >= 15 is 0 Å². The van der Waals surface area contributed by atoms with Gasteiger partial charge in [-0.25, -0.2) is 9.97 Å². The predicted molar refractivity (Wildman–Crippen MR) is 150 cm³/mol. The van der Waals surface area contributed by atoms with Crippen LogP contribution in [0.3, 0.4) is 0 Å². The molecule has 0 aliphatic heterocycles. The molecular formula is C33H19N3. The first-order chi connectivity index (χ1) is 17.8. The molecule has 3 heterocycles. The number of hydrogen-bond donors (Lipinski definition) is 0. The second-order valence-electron chi connectivity index (χ2n) is 9.26. The third-order valence-corrected chi connectivity index (χ3v) is 7.25. The maximum absolute atomic E-state index is 5.29. The van der Waals surface area contributed by atoms with E-state index in [0.29, 0.717) is 0 Å². The molecule has 0 radical (unpaired) electrons. The fraction of sp³-hybridized carbons (Fsp3) is 0. The molecule has 3 nitrogen and oxygen atoms in total. The second-order valence-corrected chi connectivity index (χ2v) is 9.26. The van der Waals surface area contributed by atoms with Crippen LogP contribution in [0.2, 0.25) is 0 Å². The van der Waals surface area contributed by atoms with Crippen LogP contribution in [0.25, 0.3) is 76.4 Å². The molecule has 0 aliphatic carbocycles. The van der Waals surface area contributed by atoms with E-state index < -0.39 is 0 Å². The zero-order chi connectivity index (χ0) is 23.6. The Hall–Kier alpha value is -4.89.